The van der Waals surface area contributed by atoms with Crippen LogP contribution in [-0.2, 0) is 7.05 Å². The maximum absolute atomic E-state index is 4.65. The molecular formula is C17H18N4. The molecule has 1 N–H and O–H groups in total. The number of benzene rings is 1. The summed E-state index contributed by atoms with van der Waals surface area (Å²) in [6.45, 7) is 4.11. The van der Waals surface area contributed by atoms with E-state index in [1.165, 1.54) is 5.56 Å². The van der Waals surface area contributed by atoms with E-state index in [4.69, 9.17) is 0 Å². The van der Waals surface area contributed by atoms with Crippen LogP contribution in [0.2, 0.25) is 0 Å². The summed E-state index contributed by atoms with van der Waals surface area (Å²) in [7, 11) is 1.99. The Kier molecular flexibility index (Phi) is 3.44. The predicted molar refractivity (Wildman–Crippen MR) is 87.8 cm³/mol. The highest BCUT2D eigenvalue weighted by molar-refractivity contribution is 5.83. The van der Waals surface area contributed by atoms with Gasteiger partial charge in [-0.05, 0) is 49.2 Å². The third-order valence-corrected chi connectivity index (χ3v) is 3.51. The van der Waals surface area contributed by atoms with Crippen LogP contribution in [0, 0.1) is 13.8 Å². The van der Waals surface area contributed by atoms with Crippen molar-refractivity contribution in [1.82, 2.24) is 9.55 Å². The molecule has 0 radical (unpaired) electrons. The van der Waals surface area contributed by atoms with E-state index in [2.05, 4.69) is 46.7 Å². The van der Waals surface area contributed by atoms with Gasteiger partial charge < -0.3 is 4.57 Å². The van der Waals surface area contributed by atoms with Gasteiger partial charge in [0.2, 0.25) is 0 Å². The third-order valence-electron chi connectivity index (χ3n) is 3.51. The van der Waals surface area contributed by atoms with Crippen molar-refractivity contribution in [3.05, 3.63) is 59.4 Å². The lowest BCUT2D eigenvalue weighted by Gasteiger charge is -2.07. The second kappa shape index (κ2) is 5.40. The van der Waals surface area contributed by atoms with Crippen molar-refractivity contribution in [3.8, 4) is 0 Å². The summed E-state index contributed by atoms with van der Waals surface area (Å²) in [5.41, 5.74) is 7.34. The van der Waals surface area contributed by atoms with Gasteiger partial charge in [0.25, 0.3) is 0 Å². The SMILES string of the molecule is Cc1ccc2cc(C)c(N/N=C\c3cccn3C)nc2c1. The van der Waals surface area contributed by atoms with Crippen LogP contribution in [0.1, 0.15) is 16.8 Å². The Bertz CT molecular complexity index is 815. The first kappa shape index (κ1) is 13.4. The van der Waals surface area contributed by atoms with Gasteiger partial charge in [0.1, 0.15) is 5.82 Å². The third kappa shape index (κ3) is 2.79. The van der Waals surface area contributed by atoms with Crippen molar-refractivity contribution >= 4 is 22.9 Å². The predicted octanol–water partition coefficient (Wildman–Crippen LogP) is 3.64. The van der Waals surface area contributed by atoms with E-state index in [0.29, 0.717) is 0 Å². The Hall–Kier alpha value is -2.62. The van der Waals surface area contributed by atoms with Crippen molar-refractivity contribution in [2.45, 2.75) is 13.8 Å². The highest BCUT2D eigenvalue weighted by Crippen LogP contribution is 2.20. The van der Waals surface area contributed by atoms with Crippen molar-refractivity contribution in [3.63, 3.8) is 0 Å². The van der Waals surface area contributed by atoms with Crippen LogP contribution in [0.25, 0.3) is 10.9 Å². The van der Waals surface area contributed by atoms with Crippen molar-refractivity contribution in [1.29, 1.82) is 0 Å². The maximum Gasteiger partial charge on any atom is 0.149 e. The zero-order valence-corrected chi connectivity index (χ0v) is 12.5. The smallest absolute Gasteiger partial charge is 0.149 e. The normalized spacial score (nSPS) is 11.4. The summed E-state index contributed by atoms with van der Waals surface area (Å²) in [5, 5.41) is 5.42. The van der Waals surface area contributed by atoms with Gasteiger partial charge in [-0.15, -0.1) is 0 Å². The molecule has 106 valence electrons. The molecule has 21 heavy (non-hydrogen) atoms. The molecule has 0 aliphatic rings. The monoisotopic (exact) mass is 278 g/mol. The molecule has 1 aromatic carbocycles. The molecule has 0 spiro atoms. The van der Waals surface area contributed by atoms with Gasteiger partial charge in [-0.25, -0.2) is 4.98 Å². The zero-order valence-electron chi connectivity index (χ0n) is 12.5. The van der Waals surface area contributed by atoms with E-state index in [1.807, 2.05) is 36.9 Å². The Morgan fingerprint density at radius 1 is 1.19 bits per heavy atom. The lowest BCUT2D eigenvalue weighted by molar-refractivity contribution is 0.918. The van der Waals surface area contributed by atoms with Crippen molar-refractivity contribution in [2.75, 3.05) is 5.43 Å². The van der Waals surface area contributed by atoms with Gasteiger partial charge in [-0.1, -0.05) is 12.1 Å². The Morgan fingerprint density at radius 2 is 2.05 bits per heavy atom. The molecule has 4 nitrogen and oxygen atoms in total. The van der Waals surface area contributed by atoms with Crippen LogP contribution < -0.4 is 5.43 Å². The fraction of sp³-hybridized carbons (Fsp3) is 0.176. The van der Waals surface area contributed by atoms with E-state index in [0.717, 1.165) is 28.0 Å². The number of rotatable bonds is 3. The molecule has 2 heterocycles. The average molecular weight is 278 g/mol. The minimum Gasteiger partial charge on any atom is -0.350 e. The van der Waals surface area contributed by atoms with Crippen LogP contribution in [0.3, 0.4) is 0 Å². The summed E-state index contributed by atoms with van der Waals surface area (Å²) in [5.74, 6) is 0.790. The highest BCUT2D eigenvalue weighted by Gasteiger charge is 2.03. The molecule has 0 unspecified atom stereocenters. The molecule has 0 amide bonds. The maximum atomic E-state index is 4.65. The molecule has 0 saturated heterocycles. The van der Waals surface area contributed by atoms with Gasteiger partial charge in [0, 0.05) is 18.6 Å². The lowest BCUT2D eigenvalue weighted by Crippen LogP contribution is -1.99. The molecule has 2 aromatic heterocycles. The van der Waals surface area contributed by atoms with E-state index >= 15 is 0 Å². The molecule has 0 atom stereocenters. The second-order valence-electron chi connectivity index (χ2n) is 5.26. The van der Waals surface area contributed by atoms with Crippen molar-refractivity contribution in [2.24, 2.45) is 12.1 Å². The Morgan fingerprint density at radius 3 is 2.81 bits per heavy atom. The quantitative estimate of drug-likeness (QED) is 0.587. The van der Waals surface area contributed by atoms with Gasteiger partial charge in [-0.3, -0.25) is 5.43 Å². The summed E-state index contributed by atoms with van der Waals surface area (Å²) >= 11 is 0. The first-order valence-corrected chi connectivity index (χ1v) is 6.92. The highest BCUT2D eigenvalue weighted by atomic mass is 15.3. The molecular weight excluding hydrogens is 260 g/mol. The Balaban J connectivity index is 1.88. The summed E-state index contributed by atoms with van der Waals surface area (Å²) in [6, 6.07) is 12.4. The topological polar surface area (TPSA) is 42.2 Å². The summed E-state index contributed by atoms with van der Waals surface area (Å²) in [4.78, 5) is 4.65. The molecule has 0 aliphatic heterocycles. The number of fused-ring (bicyclic) bond motifs is 1. The van der Waals surface area contributed by atoms with Gasteiger partial charge >= 0.3 is 0 Å². The number of hydrazone groups is 1. The van der Waals surface area contributed by atoms with Crippen LogP contribution in [-0.4, -0.2) is 15.8 Å². The zero-order chi connectivity index (χ0) is 14.8. The number of aryl methyl sites for hydroxylation is 3. The van der Waals surface area contributed by atoms with Crippen LogP contribution >= 0.6 is 0 Å². The van der Waals surface area contributed by atoms with E-state index < -0.39 is 0 Å². The minimum absolute atomic E-state index is 0.790. The fourth-order valence-corrected chi connectivity index (χ4v) is 2.26. The van der Waals surface area contributed by atoms with Gasteiger partial charge in [0.15, 0.2) is 0 Å². The molecule has 3 rings (SSSR count). The van der Waals surface area contributed by atoms with Crippen molar-refractivity contribution < 1.29 is 0 Å². The van der Waals surface area contributed by atoms with E-state index in [-0.39, 0.29) is 0 Å². The van der Waals surface area contributed by atoms with Gasteiger partial charge in [-0.2, -0.15) is 5.10 Å². The number of nitrogens with zero attached hydrogens (tertiary/aromatic N) is 3. The van der Waals surface area contributed by atoms with Gasteiger partial charge in [0.05, 0.1) is 17.4 Å². The molecule has 0 aliphatic carbocycles. The Labute approximate surface area is 124 Å². The fourth-order valence-electron chi connectivity index (χ4n) is 2.26. The number of nitrogens with one attached hydrogen (secondary N) is 1. The molecule has 0 saturated carbocycles. The number of hydrogen-bond donors (Lipinski definition) is 1. The summed E-state index contributed by atoms with van der Waals surface area (Å²) in [6.07, 6.45) is 3.78. The molecule has 0 bridgehead atoms. The largest absolute Gasteiger partial charge is 0.350 e. The average Bonchev–Trinajstić information content (AvgIpc) is 2.85. The number of anilines is 1. The molecule has 0 fully saturated rings. The van der Waals surface area contributed by atoms with E-state index in [9.17, 15) is 0 Å². The van der Waals surface area contributed by atoms with Crippen LogP contribution in [0.5, 0.6) is 0 Å². The van der Waals surface area contributed by atoms with Crippen LogP contribution in [0.15, 0.2) is 47.7 Å². The second-order valence-corrected chi connectivity index (χ2v) is 5.26. The molecule has 4 heteroatoms. The minimum atomic E-state index is 0.790. The first-order valence-electron chi connectivity index (χ1n) is 6.92. The van der Waals surface area contributed by atoms with Crippen LogP contribution in [0.4, 0.5) is 5.82 Å². The summed E-state index contributed by atoms with van der Waals surface area (Å²) < 4.78 is 2.01. The number of hydrogen-bond acceptors (Lipinski definition) is 3. The standard InChI is InChI=1S/C17H18N4/c1-12-6-7-14-10-13(2)17(19-16(14)9-12)20-18-11-15-5-4-8-21(15)3/h4-11H,1-3H3,(H,19,20)/b18-11-. The molecule has 3 aromatic rings. The van der Waals surface area contributed by atoms with E-state index in [1.54, 1.807) is 6.21 Å². The lowest BCUT2D eigenvalue weighted by atomic mass is 10.1. The number of aromatic nitrogens is 2. The first-order chi connectivity index (χ1) is 10.1. The number of pyridine rings is 1.